The van der Waals surface area contributed by atoms with Gasteiger partial charge in [0, 0.05) is 6.07 Å². The molecule has 1 N–H and O–H groups in total. The molecule has 0 saturated heterocycles. The van der Waals surface area contributed by atoms with Crippen LogP contribution in [-0.4, -0.2) is 38.1 Å². The molecule has 0 heterocycles. The summed E-state index contributed by atoms with van der Waals surface area (Å²) in [5.41, 5.74) is -0.0152. The van der Waals surface area contributed by atoms with Crippen molar-refractivity contribution >= 4 is 17.8 Å². The van der Waals surface area contributed by atoms with Crippen LogP contribution in [-0.2, 0) is 30.3 Å². The van der Waals surface area contributed by atoms with Crippen molar-refractivity contribution < 1.29 is 32.6 Å². The number of ether oxygens (including phenoxy) is 2. The molecular weight excluding hydrogens is 324 g/mol. The average Bonchev–Trinajstić information content (AvgIpc) is 2.55. The molecule has 0 aliphatic carbocycles. The molecule has 0 radical (unpaired) electrons. The Labute approximate surface area is 138 Å². The molecule has 24 heavy (non-hydrogen) atoms. The Morgan fingerprint density at radius 3 is 2.29 bits per heavy atom. The maximum absolute atomic E-state index is 13.6. The van der Waals surface area contributed by atoms with Crippen molar-refractivity contribution in [3.05, 3.63) is 35.4 Å². The molecule has 6 nitrogen and oxygen atoms in total. The SMILES string of the molecule is COC(=O)[C@@H](C)C[C@@H](NC(=O)Cc1ccc(F)cc1F)C(=O)OC. The maximum atomic E-state index is 13.6. The number of hydrogen-bond donors (Lipinski definition) is 1. The summed E-state index contributed by atoms with van der Waals surface area (Å²) in [5.74, 6) is -4.20. The number of nitrogens with one attached hydrogen (secondary N) is 1. The lowest BCUT2D eigenvalue weighted by Crippen LogP contribution is -2.44. The first-order valence-electron chi connectivity index (χ1n) is 7.17. The molecule has 0 aromatic heterocycles. The monoisotopic (exact) mass is 343 g/mol. The Morgan fingerprint density at radius 1 is 1.12 bits per heavy atom. The highest BCUT2D eigenvalue weighted by Crippen LogP contribution is 2.12. The number of esters is 2. The summed E-state index contributed by atoms with van der Waals surface area (Å²) in [4.78, 5) is 35.2. The third-order valence-corrected chi connectivity index (χ3v) is 3.38. The standard InChI is InChI=1S/C16H19F2NO5/c1-9(15(21)23-2)6-13(16(22)24-3)19-14(20)7-10-4-5-11(17)8-12(10)18/h4-5,8-9,13H,6-7H2,1-3H3,(H,19,20)/t9-,13+/m0/s1. The Hall–Kier alpha value is -2.51. The van der Waals surface area contributed by atoms with Crippen molar-refractivity contribution in [3.8, 4) is 0 Å². The van der Waals surface area contributed by atoms with Gasteiger partial charge >= 0.3 is 11.9 Å². The van der Waals surface area contributed by atoms with Gasteiger partial charge in [0.15, 0.2) is 0 Å². The van der Waals surface area contributed by atoms with Crippen molar-refractivity contribution in [1.29, 1.82) is 0 Å². The number of carbonyl (C=O) groups is 3. The number of rotatable bonds is 7. The van der Waals surface area contributed by atoms with Crippen LogP contribution in [0.1, 0.15) is 18.9 Å². The first-order chi connectivity index (χ1) is 11.3. The van der Waals surface area contributed by atoms with Crippen LogP contribution in [0, 0.1) is 17.6 Å². The fraction of sp³-hybridized carbons (Fsp3) is 0.438. The Bertz CT molecular complexity index is 620. The lowest BCUT2D eigenvalue weighted by molar-refractivity contribution is -0.148. The smallest absolute Gasteiger partial charge is 0.328 e. The summed E-state index contributed by atoms with van der Waals surface area (Å²) < 4.78 is 35.6. The second-order valence-electron chi connectivity index (χ2n) is 5.22. The molecule has 0 saturated carbocycles. The summed E-state index contributed by atoms with van der Waals surface area (Å²) in [6.07, 6.45) is -0.413. The number of halogens is 2. The summed E-state index contributed by atoms with van der Waals surface area (Å²) in [7, 11) is 2.35. The van der Waals surface area contributed by atoms with Gasteiger partial charge in [-0.05, 0) is 18.1 Å². The van der Waals surface area contributed by atoms with Gasteiger partial charge in [0.05, 0.1) is 26.6 Å². The van der Waals surface area contributed by atoms with Gasteiger partial charge in [0.2, 0.25) is 5.91 Å². The van der Waals surface area contributed by atoms with Crippen LogP contribution >= 0.6 is 0 Å². The minimum absolute atomic E-state index is 0.0152. The molecule has 0 spiro atoms. The van der Waals surface area contributed by atoms with E-state index in [9.17, 15) is 23.2 Å². The molecule has 8 heteroatoms. The number of benzene rings is 1. The minimum Gasteiger partial charge on any atom is -0.469 e. The fourth-order valence-electron chi connectivity index (χ4n) is 2.09. The van der Waals surface area contributed by atoms with E-state index in [0.717, 1.165) is 19.2 Å². The Kier molecular flexibility index (Phi) is 7.29. The summed E-state index contributed by atoms with van der Waals surface area (Å²) in [6.45, 7) is 1.54. The molecular formula is C16H19F2NO5. The van der Waals surface area contributed by atoms with E-state index in [-0.39, 0.29) is 18.4 Å². The van der Waals surface area contributed by atoms with Crippen molar-refractivity contribution in [2.24, 2.45) is 5.92 Å². The first kappa shape index (κ1) is 19.5. The number of amides is 1. The summed E-state index contributed by atoms with van der Waals surface area (Å²) >= 11 is 0. The summed E-state index contributed by atoms with van der Waals surface area (Å²) in [5, 5.41) is 2.39. The molecule has 2 atom stereocenters. The minimum atomic E-state index is -1.08. The van der Waals surface area contributed by atoms with Gasteiger partial charge in [-0.3, -0.25) is 9.59 Å². The van der Waals surface area contributed by atoms with Crippen molar-refractivity contribution in [1.82, 2.24) is 5.32 Å². The van der Waals surface area contributed by atoms with E-state index in [0.29, 0.717) is 6.07 Å². The first-order valence-corrected chi connectivity index (χ1v) is 7.17. The van der Waals surface area contributed by atoms with Crippen LogP contribution in [0.4, 0.5) is 8.78 Å². The van der Waals surface area contributed by atoms with Gasteiger partial charge in [0.25, 0.3) is 0 Å². The highest BCUT2D eigenvalue weighted by Gasteiger charge is 2.27. The molecule has 0 aliphatic heterocycles. The Morgan fingerprint density at radius 2 is 1.75 bits per heavy atom. The Balaban J connectivity index is 2.76. The van der Waals surface area contributed by atoms with Crippen LogP contribution in [0.5, 0.6) is 0 Å². The zero-order valence-corrected chi connectivity index (χ0v) is 13.6. The summed E-state index contributed by atoms with van der Waals surface area (Å²) in [6, 6.07) is 1.76. The molecule has 0 unspecified atom stereocenters. The molecule has 1 rings (SSSR count). The number of methoxy groups -OCH3 is 2. The zero-order chi connectivity index (χ0) is 18.3. The van der Waals surface area contributed by atoms with Crippen LogP contribution < -0.4 is 5.32 Å². The van der Waals surface area contributed by atoms with E-state index in [4.69, 9.17) is 0 Å². The lowest BCUT2D eigenvalue weighted by atomic mass is 10.0. The largest absolute Gasteiger partial charge is 0.469 e. The second kappa shape index (κ2) is 8.95. The molecule has 1 aromatic carbocycles. The lowest BCUT2D eigenvalue weighted by Gasteiger charge is -2.19. The predicted molar refractivity (Wildman–Crippen MR) is 79.8 cm³/mol. The average molecular weight is 343 g/mol. The highest BCUT2D eigenvalue weighted by atomic mass is 19.1. The van der Waals surface area contributed by atoms with E-state index >= 15 is 0 Å². The van der Waals surface area contributed by atoms with Crippen LogP contribution in [0.25, 0.3) is 0 Å². The van der Waals surface area contributed by atoms with E-state index in [1.54, 1.807) is 0 Å². The molecule has 1 amide bonds. The van der Waals surface area contributed by atoms with Gasteiger partial charge in [-0.15, -0.1) is 0 Å². The van der Waals surface area contributed by atoms with Crippen molar-refractivity contribution in [2.75, 3.05) is 14.2 Å². The quantitative estimate of drug-likeness (QED) is 0.756. The highest BCUT2D eigenvalue weighted by molar-refractivity contribution is 5.86. The van der Waals surface area contributed by atoms with Gasteiger partial charge in [-0.25, -0.2) is 13.6 Å². The van der Waals surface area contributed by atoms with Gasteiger partial charge in [-0.1, -0.05) is 13.0 Å². The molecule has 0 bridgehead atoms. The molecule has 1 aromatic rings. The van der Waals surface area contributed by atoms with E-state index in [1.165, 1.54) is 14.0 Å². The maximum Gasteiger partial charge on any atom is 0.328 e. The molecule has 0 aliphatic rings. The zero-order valence-electron chi connectivity index (χ0n) is 13.6. The van der Waals surface area contributed by atoms with Gasteiger partial charge in [-0.2, -0.15) is 0 Å². The van der Waals surface area contributed by atoms with Gasteiger partial charge < -0.3 is 14.8 Å². The van der Waals surface area contributed by atoms with E-state index in [2.05, 4.69) is 14.8 Å². The van der Waals surface area contributed by atoms with Gasteiger partial charge in [0.1, 0.15) is 17.7 Å². The van der Waals surface area contributed by atoms with E-state index in [1.807, 2.05) is 0 Å². The van der Waals surface area contributed by atoms with Crippen LogP contribution in [0.3, 0.4) is 0 Å². The van der Waals surface area contributed by atoms with Crippen molar-refractivity contribution in [3.63, 3.8) is 0 Å². The second-order valence-corrected chi connectivity index (χ2v) is 5.22. The topological polar surface area (TPSA) is 81.7 Å². The van der Waals surface area contributed by atoms with Crippen molar-refractivity contribution in [2.45, 2.75) is 25.8 Å². The number of carbonyl (C=O) groups excluding carboxylic acids is 3. The van der Waals surface area contributed by atoms with E-state index < -0.39 is 41.4 Å². The third-order valence-electron chi connectivity index (χ3n) is 3.38. The van der Waals surface area contributed by atoms with Crippen LogP contribution in [0.2, 0.25) is 0 Å². The molecule has 132 valence electrons. The normalized spacial score (nSPS) is 12.9. The van der Waals surface area contributed by atoms with Crippen LogP contribution in [0.15, 0.2) is 18.2 Å². The third kappa shape index (κ3) is 5.60. The predicted octanol–water partition coefficient (Wildman–Crippen LogP) is 1.36. The fourth-order valence-corrected chi connectivity index (χ4v) is 2.09. The molecule has 0 fully saturated rings. The number of hydrogen-bond acceptors (Lipinski definition) is 5.